The van der Waals surface area contributed by atoms with Crippen LogP contribution in [0, 0.1) is 5.82 Å². The lowest BCUT2D eigenvalue weighted by Crippen LogP contribution is -2.25. The number of thioether (sulfide) groups is 1. The number of carbonyl (C=O) groups excluding carboxylic acids is 2. The van der Waals surface area contributed by atoms with Gasteiger partial charge in [-0.15, -0.1) is 0 Å². The molecule has 0 saturated heterocycles. The third-order valence-electron chi connectivity index (χ3n) is 4.67. The van der Waals surface area contributed by atoms with Crippen LogP contribution in [0.2, 0.25) is 0 Å². The van der Waals surface area contributed by atoms with Crippen molar-refractivity contribution in [2.45, 2.75) is 23.9 Å². The summed E-state index contributed by atoms with van der Waals surface area (Å²) in [5, 5.41) is 4.35. The summed E-state index contributed by atoms with van der Waals surface area (Å²) in [5.74, 6) is -0.754. The fourth-order valence-corrected chi connectivity index (χ4v) is 3.78. The minimum Gasteiger partial charge on any atom is -0.494 e. The molecule has 4 rings (SSSR count). The van der Waals surface area contributed by atoms with Crippen LogP contribution in [-0.4, -0.2) is 35.6 Å². The number of rotatable bonds is 7. The number of nitrogens with one attached hydrogen (secondary N) is 1. The summed E-state index contributed by atoms with van der Waals surface area (Å²) < 4.78 is 18.7. The van der Waals surface area contributed by atoms with Crippen LogP contribution in [0.4, 0.5) is 4.39 Å². The molecule has 0 bridgehead atoms. The maximum absolute atomic E-state index is 13.9. The van der Waals surface area contributed by atoms with Gasteiger partial charge in [0.2, 0.25) is 0 Å². The van der Waals surface area contributed by atoms with Crippen molar-refractivity contribution in [1.82, 2.24) is 10.3 Å². The molecule has 3 aromatic rings. The Morgan fingerprint density at radius 1 is 1.21 bits per heavy atom. The van der Waals surface area contributed by atoms with Crippen LogP contribution in [0.25, 0.3) is 10.9 Å². The highest BCUT2D eigenvalue weighted by atomic mass is 32.2. The monoisotopic (exact) mass is 410 g/mol. The van der Waals surface area contributed by atoms with E-state index in [0.717, 1.165) is 18.2 Å². The van der Waals surface area contributed by atoms with Crippen LogP contribution in [0.1, 0.15) is 33.6 Å². The molecular weight excluding hydrogens is 391 g/mol. The summed E-state index contributed by atoms with van der Waals surface area (Å²) in [4.78, 5) is 29.7. The number of halogens is 1. The van der Waals surface area contributed by atoms with Gasteiger partial charge in [-0.2, -0.15) is 0 Å². The lowest BCUT2D eigenvalue weighted by atomic mass is 10.1. The number of hydrogen-bond acceptors (Lipinski definition) is 5. The summed E-state index contributed by atoms with van der Waals surface area (Å²) >= 11 is 1.23. The van der Waals surface area contributed by atoms with Crippen molar-refractivity contribution >= 4 is 34.4 Å². The van der Waals surface area contributed by atoms with E-state index in [1.807, 2.05) is 24.3 Å². The van der Waals surface area contributed by atoms with Crippen LogP contribution < -0.4 is 10.1 Å². The van der Waals surface area contributed by atoms with Gasteiger partial charge >= 0.3 is 0 Å². The van der Waals surface area contributed by atoms with Crippen LogP contribution >= 0.6 is 11.8 Å². The van der Waals surface area contributed by atoms with Gasteiger partial charge in [-0.05, 0) is 43.2 Å². The molecule has 1 N–H and O–H groups in total. The number of amides is 1. The Bertz CT molecular complexity index is 1100. The average molecular weight is 410 g/mol. The lowest BCUT2D eigenvalue weighted by Gasteiger charge is -2.10. The van der Waals surface area contributed by atoms with E-state index in [1.165, 1.54) is 37.1 Å². The SMILES string of the molecule is COc1ccc(C(=O)CSc2cc(C(=O)NC3CC3)c3ccccc3n2)cc1F. The molecule has 0 unspecified atom stereocenters. The number of fused-ring (bicyclic) bond motifs is 1. The fraction of sp³-hybridized carbons (Fsp3) is 0.227. The molecule has 0 atom stereocenters. The Morgan fingerprint density at radius 3 is 2.72 bits per heavy atom. The van der Waals surface area contributed by atoms with Gasteiger partial charge in [0.1, 0.15) is 0 Å². The summed E-state index contributed by atoms with van der Waals surface area (Å²) in [5.41, 5.74) is 1.51. The first-order valence-corrected chi connectivity index (χ1v) is 10.2. The first-order chi connectivity index (χ1) is 14.0. The number of carbonyl (C=O) groups is 2. The molecule has 148 valence electrons. The van der Waals surface area contributed by atoms with Crippen molar-refractivity contribution in [3.05, 3.63) is 65.5 Å². The van der Waals surface area contributed by atoms with Crippen molar-refractivity contribution in [3.8, 4) is 5.75 Å². The minimum atomic E-state index is -0.578. The van der Waals surface area contributed by atoms with E-state index in [-0.39, 0.29) is 34.8 Å². The zero-order chi connectivity index (χ0) is 20.4. The number of hydrogen-bond donors (Lipinski definition) is 1. The zero-order valence-electron chi connectivity index (χ0n) is 15.8. The highest BCUT2D eigenvalue weighted by molar-refractivity contribution is 7.99. The fourth-order valence-electron chi connectivity index (χ4n) is 2.97. The molecule has 29 heavy (non-hydrogen) atoms. The number of para-hydroxylation sites is 1. The zero-order valence-corrected chi connectivity index (χ0v) is 16.6. The van der Waals surface area contributed by atoms with Crippen molar-refractivity contribution in [1.29, 1.82) is 0 Å². The number of aromatic nitrogens is 1. The third kappa shape index (κ3) is 4.40. The number of ketones is 1. The molecule has 1 aromatic heterocycles. The molecule has 0 radical (unpaired) electrons. The van der Waals surface area contributed by atoms with Crippen LogP contribution in [0.15, 0.2) is 53.6 Å². The van der Waals surface area contributed by atoms with Gasteiger partial charge in [0.15, 0.2) is 17.3 Å². The second-order valence-corrected chi connectivity index (χ2v) is 7.83. The number of methoxy groups -OCH3 is 1. The van der Waals surface area contributed by atoms with E-state index >= 15 is 0 Å². The highest BCUT2D eigenvalue weighted by Crippen LogP contribution is 2.27. The van der Waals surface area contributed by atoms with Gasteiger partial charge in [-0.1, -0.05) is 30.0 Å². The number of nitrogens with zero attached hydrogens (tertiary/aromatic N) is 1. The smallest absolute Gasteiger partial charge is 0.252 e. The van der Waals surface area contributed by atoms with Crippen LogP contribution in [-0.2, 0) is 0 Å². The molecule has 0 aliphatic heterocycles. The molecule has 1 aliphatic rings. The van der Waals surface area contributed by atoms with E-state index < -0.39 is 5.82 Å². The number of benzene rings is 2. The molecule has 1 amide bonds. The summed E-state index contributed by atoms with van der Waals surface area (Å²) in [6, 6.07) is 13.5. The molecule has 1 aliphatic carbocycles. The third-order valence-corrected chi connectivity index (χ3v) is 5.59. The van der Waals surface area contributed by atoms with Crippen LogP contribution in [0.3, 0.4) is 0 Å². The second-order valence-electron chi connectivity index (χ2n) is 6.83. The molecular formula is C22H19FN2O3S. The van der Waals surface area contributed by atoms with E-state index in [0.29, 0.717) is 16.1 Å². The Hall–Kier alpha value is -2.93. The van der Waals surface area contributed by atoms with Crippen molar-refractivity contribution in [3.63, 3.8) is 0 Å². The molecule has 1 heterocycles. The molecule has 1 fully saturated rings. The number of pyridine rings is 1. The number of Topliss-reactive ketones (excluding diaryl/α,β-unsaturated/α-hetero) is 1. The minimum absolute atomic E-state index is 0.0841. The number of ether oxygens (including phenoxy) is 1. The van der Waals surface area contributed by atoms with E-state index in [4.69, 9.17) is 4.74 Å². The van der Waals surface area contributed by atoms with Gasteiger partial charge in [0.05, 0.1) is 29.0 Å². The van der Waals surface area contributed by atoms with Crippen molar-refractivity contribution in [2.75, 3.05) is 12.9 Å². The highest BCUT2D eigenvalue weighted by Gasteiger charge is 2.25. The molecule has 1 saturated carbocycles. The maximum atomic E-state index is 13.9. The Kier molecular flexibility index (Phi) is 5.49. The summed E-state index contributed by atoms with van der Waals surface area (Å²) in [6.45, 7) is 0. The Morgan fingerprint density at radius 2 is 2.00 bits per heavy atom. The largest absolute Gasteiger partial charge is 0.494 e. The molecule has 0 spiro atoms. The van der Waals surface area contributed by atoms with E-state index in [2.05, 4.69) is 10.3 Å². The molecule has 5 nitrogen and oxygen atoms in total. The van der Waals surface area contributed by atoms with Gasteiger partial charge in [-0.25, -0.2) is 9.37 Å². The van der Waals surface area contributed by atoms with Crippen molar-refractivity contribution in [2.24, 2.45) is 0 Å². The maximum Gasteiger partial charge on any atom is 0.252 e. The standard InChI is InChI=1S/C22H19FN2O3S/c1-28-20-9-6-13(10-17(20)23)19(26)12-29-21-11-16(22(27)24-14-7-8-14)15-4-2-3-5-18(15)25-21/h2-6,9-11,14H,7-8,12H2,1H3,(H,24,27). The predicted molar refractivity (Wildman–Crippen MR) is 110 cm³/mol. The van der Waals surface area contributed by atoms with Gasteiger partial charge in [-0.3, -0.25) is 9.59 Å². The lowest BCUT2D eigenvalue weighted by molar-refractivity contribution is 0.0951. The topological polar surface area (TPSA) is 68.3 Å². The quantitative estimate of drug-likeness (QED) is 0.466. The molecule has 7 heteroatoms. The first kappa shape index (κ1) is 19.4. The van der Waals surface area contributed by atoms with E-state index in [1.54, 1.807) is 6.07 Å². The van der Waals surface area contributed by atoms with E-state index in [9.17, 15) is 14.0 Å². The van der Waals surface area contributed by atoms with Crippen LogP contribution in [0.5, 0.6) is 5.75 Å². The van der Waals surface area contributed by atoms with Gasteiger partial charge < -0.3 is 10.1 Å². The Labute approximate surface area is 171 Å². The second kappa shape index (κ2) is 8.21. The summed E-state index contributed by atoms with van der Waals surface area (Å²) in [7, 11) is 1.37. The van der Waals surface area contributed by atoms with Crippen molar-refractivity contribution < 1.29 is 18.7 Å². The summed E-state index contributed by atoms with van der Waals surface area (Å²) in [6.07, 6.45) is 2.01. The van der Waals surface area contributed by atoms with Gasteiger partial charge in [0.25, 0.3) is 5.91 Å². The molecule has 2 aromatic carbocycles. The predicted octanol–water partition coefficient (Wildman–Crippen LogP) is 4.25. The average Bonchev–Trinajstić information content (AvgIpc) is 3.55. The Balaban J connectivity index is 1.55. The van der Waals surface area contributed by atoms with Gasteiger partial charge in [0, 0.05) is 17.0 Å². The normalized spacial score (nSPS) is 13.3. The first-order valence-electron chi connectivity index (χ1n) is 9.25.